The van der Waals surface area contributed by atoms with Crippen molar-refractivity contribution in [3.63, 3.8) is 0 Å². The number of aromatic nitrogens is 1. The van der Waals surface area contributed by atoms with Gasteiger partial charge in [0.2, 0.25) is 0 Å². The molecule has 0 bridgehead atoms. The highest BCUT2D eigenvalue weighted by Gasteiger charge is 2.06. The van der Waals surface area contributed by atoms with Crippen LogP contribution in [0.5, 0.6) is 0 Å². The molecule has 0 unspecified atom stereocenters. The molecule has 0 atom stereocenters. The van der Waals surface area contributed by atoms with Gasteiger partial charge in [-0.2, -0.15) is 0 Å². The second-order valence-corrected chi connectivity index (χ2v) is 5.80. The summed E-state index contributed by atoms with van der Waals surface area (Å²) in [5, 5.41) is 0. The molecule has 0 aliphatic rings. The van der Waals surface area contributed by atoms with Crippen LogP contribution < -0.4 is 0 Å². The molecule has 0 amide bonds. The number of hydrogen-bond acceptors (Lipinski definition) is 3. The smallest absolute Gasteiger partial charge is 0.164 e. The van der Waals surface area contributed by atoms with Crippen LogP contribution in [0.25, 0.3) is 0 Å². The fourth-order valence-electron chi connectivity index (χ4n) is 1.22. The summed E-state index contributed by atoms with van der Waals surface area (Å²) in [7, 11) is -2.94. The van der Waals surface area contributed by atoms with E-state index in [1.54, 1.807) is 30.0 Å². The molecule has 15 heavy (non-hydrogen) atoms. The molecule has 0 fully saturated rings. The maximum absolute atomic E-state index is 11.3. The summed E-state index contributed by atoms with van der Waals surface area (Å²) in [4.78, 5) is 11.3. The molecule has 1 aromatic heterocycles. The average Bonchev–Trinajstić information content (AvgIpc) is 2.61. The number of sulfone groups is 1. The van der Waals surface area contributed by atoms with Crippen molar-refractivity contribution in [2.24, 2.45) is 0 Å². The number of ketones is 1. The van der Waals surface area contributed by atoms with Gasteiger partial charge in [-0.05, 0) is 6.07 Å². The van der Waals surface area contributed by atoms with E-state index in [0.29, 0.717) is 18.5 Å². The van der Waals surface area contributed by atoms with Crippen LogP contribution in [0.15, 0.2) is 18.5 Å². The molecular weight excluding hydrogens is 214 g/mol. The van der Waals surface area contributed by atoms with Crippen molar-refractivity contribution in [1.29, 1.82) is 0 Å². The largest absolute Gasteiger partial charge is 0.352 e. The van der Waals surface area contributed by atoms with Gasteiger partial charge in [-0.3, -0.25) is 4.79 Å². The van der Waals surface area contributed by atoms with E-state index in [9.17, 15) is 13.2 Å². The van der Waals surface area contributed by atoms with Gasteiger partial charge in [0.05, 0.1) is 5.75 Å². The molecule has 0 spiro atoms. The van der Waals surface area contributed by atoms with E-state index in [0.717, 1.165) is 0 Å². The minimum absolute atomic E-state index is 0.0769. The van der Waals surface area contributed by atoms with Crippen LogP contribution in [0, 0.1) is 0 Å². The lowest BCUT2D eigenvalue weighted by Gasteiger charge is -2.00. The minimum atomic E-state index is -2.94. The summed E-state index contributed by atoms with van der Waals surface area (Å²) in [5.74, 6) is 0.176. The molecule has 84 valence electrons. The van der Waals surface area contributed by atoms with E-state index in [4.69, 9.17) is 0 Å². The first-order valence-corrected chi connectivity index (χ1v) is 6.85. The van der Waals surface area contributed by atoms with Gasteiger partial charge < -0.3 is 4.57 Å². The van der Waals surface area contributed by atoms with E-state index in [2.05, 4.69) is 0 Å². The van der Waals surface area contributed by atoms with Gasteiger partial charge in [0.25, 0.3) is 0 Å². The SMILES string of the molecule is CCC(=O)c1ccn(CCS(C)(=O)=O)c1. The van der Waals surface area contributed by atoms with E-state index < -0.39 is 9.84 Å². The van der Waals surface area contributed by atoms with Crippen molar-refractivity contribution in [3.8, 4) is 0 Å². The molecule has 1 heterocycles. The molecule has 0 aliphatic carbocycles. The summed E-state index contributed by atoms with van der Waals surface area (Å²) in [6, 6.07) is 1.72. The lowest BCUT2D eigenvalue weighted by Crippen LogP contribution is -2.09. The number of Topliss-reactive ketones (excluding diaryl/α,β-unsaturated/α-hetero) is 1. The maximum atomic E-state index is 11.3. The highest BCUT2D eigenvalue weighted by Crippen LogP contribution is 2.05. The summed E-state index contributed by atoms with van der Waals surface area (Å²) in [5.41, 5.74) is 0.644. The van der Waals surface area contributed by atoms with Gasteiger partial charge in [0, 0.05) is 37.2 Å². The maximum Gasteiger partial charge on any atom is 0.164 e. The monoisotopic (exact) mass is 229 g/mol. The van der Waals surface area contributed by atoms with Gasteiger partial charge in [-0.1, -0.05) is 6.92 Å². The number of carbonyl (C=O) groups is 1. The molecule has 4 nitrogen and oxygen atoms in total. The number of rotatable bonds is 5. The Bertz CT molecular complexity index is 445. The van der Waals surface area contributed by atoms with Gasteiger partial charge in [0.15, 0.2) is 5.78 Å². The molecule has 0 aromatic carbocycles. The standard InChI is InChI=1S/C10H15NO3S/c1-3-10(12)9-4-5-11(8-9)6-7-15(2,13)14/h4-5,8H,3,6-7H2,1-2H3. The second-order valence-electron chi connectivity index (χ2n) is 3.54. The van der Waals surface area contributed by atoms with Crippen LogP contribution in [-0.2, 0) is 16.4 Å². The Labute approximate surface area is 89.8 Å². The first-order valence-electron chi connectivity index (χ1n) is 4.79. The third kappa shape index (κ3) is 3.87. The first-order chi connectivity index (χ1) is 6.92. The Morgan fingerprint density at radius 2 is 2.13 bits per heavy atom. The Morgan fingerprint density at radius 3 is 2.67 bits per heavy atom. The zero-order valence-corrected chi connectivity index (χ0v) is 9.75. The van der Waals surface area contributed by atoms with E-state index in [-0.39, 0.29) is 11.5 Å². The summed E-state index contributed by atoms with van der Waals surface area (Å²) >= 11 is 0. The predicted octanol–water partition coefficient (Wildman–Crippen LogP) is 1.13. The molecule has 0 aliphatic heterocycles. The zero-order chi connectivity index (χ0) is 11.5. The predicted molar refractivity (Wildman–Crippen MR) is 58.8 cm³/mol. The highest BCUT2D eigenvalue weighted by molar-refractivity contribution is 7.90. The Hall–Kier alpha value is -1.10. The lowest BCUT2D eigenvalue weighted by molar-refractivity contribution is 0.0988. The Kier molecular flexibility index (Phi) is 3.68. The van der Waals surface area contributed by atoms with Crippen LogP contribution in [-0.4, -0.2) is 30.8 Å². The van der Waals surface area contributed by atoms with Gasteiger partial charge in [-0.25, -0.2) is 8.42 Å². The van der Waals surface area contributed by atoms with Crippen molar-refractivity contribution in [1.82, 2.24) is 4.57 Å². The average molecular weight is 229 g/mol. The summed E-state index contributed by atoms with van der Waals surface area (Å²) in [6.45, 7) is 2.20. The highest BCUT2D eigenvalue weighted by atomic mass is 32.2. The molecule has 5 heteroatoms. The summed E-state index contributed by atoms with van der Waals surface area (Å²) in [6.07, 6.45) is 5.09. The lowest BCUT2D eigenvalue weighted by atomic mass is 10.2. The molecular formula is C10H15NO3S. The zero-order valence-electron chi connectivity index (χ0n) is 8.93. The van der Waals surface area contributed by atoms with Crippen molar-refractivity contribution < 1.29 is 13.2 Å². The van der Waals surface area contributed by atoms with Crippen LogP contribution in [0.3, 0.4) is 0 Å². The number of aryl methyl sites for hydroxylation is 1. The van der Waals surface area contributed by atoms with Gasteiger partial charge >= 0.3 is 0 Å². The van der Waals surface area contributed by atoms with Crippen molar-refractivity contribution in [2.75, 3.05) is 12.0 Å². The second kappa shape index (κ2) is 4.61. The van der Waals surface area contributed by atoms with Crippen molar-refractivity contribution in [3.05, 3.63) is 24.0 Å². The van der Waals surface area contributed by atoms with Crippen LogP contribution in [0.4, 0.5) is 0 Å². The molecule has 0 N–H and O–H groups in total. The molecule has 1 aromatic rings. The fourth-order valence-corrected chi connectivity index (χ4v) is 1.76. The van der Waals surface area contributed by atoms with E-state index >= 15 is 0 Å². The first kappa shape index (κ1) is 12.0. The topological polar surface area (TPSA) is 56.1 Å². The molecule has 0 radical (unpaired) electrons. The van der Waals surface area contributed by atoms with E-state index in [1.807, 2.05) is 0 Å². The van der Waals surface area contributed by atoms with Gasteiger partial charge in [-0.15, -0.1) is 0 Å². The fraction of sp³-hybridized carbons (Fsp3) is 0.500. The third-order valence-corrected chi connectivity index (χ3v) is 3.04. The molecule has 0 saturated carbocycles. The van der Waals surface area contributed by atoms with Crippen LogP contribution >= 0.6 is 0 Å². The summed E-state index contributed by atoms with van der Waals surface area (Å²) < 4.78 is 23.6. The van der Waals surface area contributed by atoms with Crippen LogP contribution in [0.2, 0.25) is 0 Å². The van der Waals surface area contributed by atoms with Crippen molar-refractivity contribution in [2.45, 2.75) is 19.9 Å². The third-order valence-electron chi connectivity index (χ3n) is 2.11. The quantitative estimate of drug-likeness (QED) is 0.711. The molecule has 0 saturated heterocycles. The Balaban J connectivity index is 2.65. The van der Waals surface area contributed by atoms with E-state index in [1.165, 1.54) is 6.26 Å². The number of nitrogens with zero attached hydrogens (tertiary/aromatic N) is 1. The van der Waals surface area contributed by atoms with Crippen molar-refractivity contribution >= 4 is 15.6 Å². The number of hydrogen-bond donors (Lipinski definition) is 0. The minimum Gasteiger partial charge on any atom is -0.352 e. The molecule has 1 rings (SSSR count). The van der Waals surface area contributed by atoms with Crippen LogP contribution in [0.1, 0.15) is 23.7 Å². The Morgan fingerprint density at radius 1 is 1.47 bits per heavy atom. The van der Waals surface area contributed by atoms with Gasteiger partial charge in [0.1, 0.15) is 9.84 Å². The number of carbonyl (C=O) groups excluding carboxylic acids is 1. The normalized spacial score (nSPS) is 11.6.